The molecule has 0 aliphatic heterocycles. The van der Waals surface area contributed by atoms with Gasteiger partial charge in [0.15, 0.2) is 0 Å². The molecule has 0 heterocycles. The molecule has 2 N–H and O–H groups in total. The van der Waals surface area contributed by atoms with Crippen LogP contribution < -0.4 is 5.73 Å². The van der Waals surface area contributed by atoms with Crippen LogP contribution in [0, 0.1) is 11.8 Å². The van der Waals surface area contributed by atoms with Crippen LogP contribution in [-0.4, -0.2) is 30.6 Å². The van der Waals surface area contributed by atoms with Gasteiger partial charge in [-0.25, -0.2) is 0 Å². The lowest BCUT2D eigenvalue weighted by Gasteiger charge is -2.29. The second kappa shape index (κ2) is 4.63. The fraction of sp³-hybridized carbons (Fsp3) is 1.00. The van der Waals surface area contributed by atoms with Crippen molar-refractivity contribution < 1.29 is 0 Å². The normalized spacial score (nSPS) is 24.2. The van der Waals surface area contributed by atoms with Gasteiger partial charge in [-0.3, -0.25) is 0 Å². The Morgan fingerprint density at radius 3 is 2.00 bits per heavy atom. The van der Waals surface area contributed by atoms with Gasteiger partial charge in [0.25, 0.3) is 0 Å². The van der Waals surface area contributed by atoms with Crippen LogP contribution in [0.4, 0.5) is 0 Å². The van der Waals surface area contributed by atoms with Crippen molar-refractivity contribution in [2.75, 3.05) is 19.6 Å². The molecule has 0 saturated heterocycles. The minimum absolute atomic E-state index is 0.709. The zero-order valence-corrected chi connectivity index (χ0v) is 9.41. The largest absolute Gasteiger partial charge is 0.330 e. The molecule has 0 aromatic rings. The standard InChI is InChI=1S/C12H24N2/c1-10(6-7-13)14(8-11-2-3-11)9-12-4-5-12/h10-12H,2-9,13H2,1H3. The topological polar surface area (TPSA) is 29.3 Å². The summed E-state index contributed by atoms with van der Waals surface area (Å²) in [5, 5.41) is 0. The lowest BCUT2D eigenvalue weighted by Crippen LogP contribution is -2.37. The highest BCUT2D eigenvalue weighted by Crippen LogP contribution is 2.34. The van der Waals surface area contributed by atoms with Crippen molar-refractivity contribution in [3.05, 3.63) is 0 Å². The molecule has 0 spiro atoms. The Hall–Kier alpha value is -0.0800. The van der Waals surface area contributed by atoms with Crippen molar-refractivity contribution in [3.8, 4) is 0 Å². The second-order valence-corrected chi connectivity index (χ2v) is 5.27. The summed E-state index contributed by atoms with van der Waals surface area (Å²) in [5.74, 6) is 2.04. The molecule has 2 aliphatic carbocycles. The zero-order valence-electron chi connectivity index (χ0n) is 9.41. The van der Waals surface area contributed by atoms with Crippen molar-refractivity contribution in [2.45, 2.75) is 45.1 Å². The van der Waals surface area contributed by atoms with E-state index < -0.39 is 0 Å². The van der Waals surface area contributed by atoms with Crippen LogP contribution in [0.25, 0.3) is 0 Å². The molecule has 1 unspecified atom stereocenters. The summed E-state index contributed by atoms with van der Waals surface area (Å²) in [4.78, 5) is 2.70. The molecule has 2 nitrogen and oxygen atoms in total. The van der Waals surface area contributed by atoms with Crippen molar-refractivity contribution in [3.63, 3.8) is 0 Å². The van der Waals surface area contributed by atoms with Gasteiger partial charge in [-0.15, -0.1) is 0 Å². The zero-order chi connectivity index (χ0) is 9.97. The van der Waals surface area contributed by atoms with E-state index in [1.165, 1.54) is 45.2 Å². The first-order valence-corrected chi connectivity index (χ1v) is 6.23. The van der Waals surface area contributed by atoms with Crippen LogP contribution >= 0.6 is 0 Å². The van der Waals surface area contributed by atoms with Crippen LogP contribution in [-0.2, 0) is 0 Å². The highest BCUT2D eigenvalue weighted by atomic mass is 15.2. The first-order chi connectivity index (χ1) is 6.79. The lowest BCUT2D eigenvalue weighted by atomic mass is 10.1. The third kappa shape index (κ3) is 3.25. The Labute approximate surface area is 87.8 Å². The van der Waals surface area contributed by atoms with E-state index in [-0.39, 0.29) is 0 Å². The minimum Gasteiger partial charge on any atom is -0.330 e. The van der Waals surface area contributed by atoms with Crippen LogP contribution in [0.3, 0.4) is 0 Å². The van der Waals surface area contributed by atoms with Gasteiger partial charge >= 0.3 is 0 Å². The van der Waals surface area contributed by atoms with Crippen LogP contribution in [0.15, 0.2) is 0 Å². The molecule has 82 valence electrons. The second-order valence-electron chi connectivity index (χ2n) is 5.27. The van der Waals surface area contributed by atoms with Gasteiger partial charge in [-0.05, 0) is 57.4 Å². The van der Waals surface area contributed by atoms with E-state index in [1.54, 1.807) is 0 Å². The molecule has 0 aromatic heterocycles. The van der Waals surface area contributed by atoms with Crippen molar-refractivity contribution in [2.24, 2.45) is 17.6 Å². The summed E-state index contributed by atoms with van der Waals surface area (Å²) in [6.45, 7) is 5.87. The lowest BCUT2D eigenvalue weighted by molar-refractivity contribution is 0.185. The summed E-state index contributed by atoms with van der Waals surface area (Å²) < 4.78 is 0. The molecule has 0 amide bonds. The van der Waals surface area contributed by atoms with Gasteiger partial charge < -0.3 is 10.6 Å². The molecule has 2 fully saturated rings. The number of rotatable bonds is 7. The molecular weight excluding hydrogens is 172 g/mol. The van der Waals surface area contributed by atoms with Crippen LogP contribution in [0.2, 0.25) is 0 Å². The SMILES string of the molecule is CC(CCN)N(CC1CC1)CC1CC1. The molecule has 2 aliphatic rings. The maximum atomic E-state index is 5.63. The summed E-state index contributed by atoms with van der Waals surface area (Å²) in [6, 6.07) is 0.709. The van der Waals surface area contributed by atoms with Gasteiger partial charge in [0.05, 0.1) is 0 Å². The maximum absolute atomic E-state index is 5.63. The maximum Gasteiger partial charge on any atom is 0.00791 e. The Balaban J connectivity index is 1.75. The van der Waals surface area contributed by atoms with Crippen LogP contribution in [0.5, 0.6) is 0 Å². The number of nitrogens with two attached hydrogens (primary N) is 1. The van der Waals surface area contributed by atoms with E-state index in [2.05, 4.69) is 11.8 Å². The Morgan fingerprint density at radius 1 is 1.14 bits per heavy atom. The molecule has 2 heteroatoms. The van der Waals surface area contributed by atoms with E-state index in [0.29, 0.717) is 6.04 Å². The Morgan fingerprint density at radius 2 is 1.64 bits per heavy atom. The summed E-state index contributed by atoms with van der Waals surface area (Å²) in [5.41, 5.74) is 5.63. The molecular formula is C12H24N2. The van der Waals surface area contributed by atoms with Gasteiger partial charge in [-0.2, -0.15) is 0 Å². The van der Waals surface area contributed by atoms with E-state index in [4.69, 9.17) is 5.73 Å². The summed E-state index contributed by atoms with van der Waals surface area (Å²) >= 11 is 0. The fourth-order valence-corrected chi connectivity index (χ4v) is 2.12. The predicted octanol–water partition coefficient (Wildman–Crippen LogP) is 1.85. The third-order valence-corrected chi connectivity index (χ3v) is 3.59. The first-order valence-electron chi connectivity index (χ1n) is 6.23. The van der Waals surface area contributed by atoms with Gasteiger partial charge in [0.2, 0.25) is 0 Å². The van der Waals surface area contributed by atoms with Crippen molar-refractivity contribution >= 4 is 0 Å². The first kappa shape index (κ1) is 10.4. The van der Waals surface area contributed by atoms with Crippen molar-refractivity contribution in [1.29, 1.82) is 0 Å². The minimum atomic E-state index is 0.709. The summed E-state index contributed by atoms with van der Waals surface area (Å²) in [6.07, 6.45) is 7.04. The van der Waals surface area contributed by atoms with Gasteiger partial charge in [0, 0.05) is 19.1 Å². The number of hydrogen-bond donors (Lipinski definition) is 1. The molecule has 14 heavy (non-hydrogen) atoms. The Kier molecular flexibility index (Phi) is 3.45. The molecule has 0 radical (unpaired) electrons. The smallest absolute Gasteiger partial charge is 0.00791 e. The average molecular weight is 196 g/mol. The molecule has 2 rings (SSSR count). The molecule has 1 atom stereocenters. The van der Waals surface area contributed by atoms with Gasteiger partial charge in [-0.1, -0.05) is 0 Å². The molecule has 0 aromatic carbocycles. The van der Waals surface area contributed by atoms with E-state index in [9.17, 15) is 0 Å². The predicted molar refractivity (Wildman–Crippen MR) is 60.2 cm³/mol. The molecule has 0 bridgehead atoms. The highest BCUT2D eigenvalue weighted by Gasteiger charge is 2.30. The number of hydrogen-bond acceptors (Lipinski definition) is 2. The quantitative estimate of drug-likeness (QED) is 0.673. The van der Waals surface area contributed by atoms with Crippen molar-refractivity contribution in [1.82, 2.24) is 4.90 Å². The van der Waals surface area contributed by atoms with E-state index in [1.807, 2.05) is 0 Å². The van der Waals surface area contributed by atoms with Crippen LogP contribution in [0.1, 0.15) is 39.0 Å². The summed E-state index contributed by atoms with van der Waals surface area (Å²) in [7, 11) is 0. The Bertz CT molecular complexity index is 159. The third-order valence-electron chi connectivity index (χ3n) is 3.59. The van der Waals surface area contributed by atoms with Gasteiger partial charge in [0.1, 0.15) is 0 Å². The average Bonchev–Trinajstić information content (AvgIpc) is 2.97. The van der Waals surface area contributed by atoms with E-state index in [0.717, 1.165) is 18.4 Å². The fourth-order valence-electron chi connectivity index (χ4n) is 2.12. The monoisotopic (exact) mass is 196 g/mol. The number of nitrogens with zero attached hydrogens (tertiary/aromatic N) is 1. The van der Waals surface area contributed by atoms with E-state index >= 15 is 0 Å². The molecule has 2 saturated carbocycles. The highest BCUT2D eigenvalue weighted by molar-refractivity contribution is 4.84.